The van der Waals surface area contributed by atoms with Crippen LogP contribution in [0.1, 0.15) is 24.6 Å². The molecule has 0 saturated carbocycles. The van der Waals surface area contributed by atoms with E-state index in [1.165, 1.54) is 0 Å². The van der Waals surface area contributed by atoms with E-state index >= 15 is 0 Å². The van der Waals surface area contributed by atoms with E-state index in [-0.39, 0.29) is 0 Å². The van der Waals surface area contributed by atoms with Crippen LogP contribution in [0.25, 0.3) is 0 Å². The Morgan fingerprint density at radius 2 is 2.35 bits per heavy atom. The Balaban J connectivity index is 2.10. The molecule has 6 nitrogen and oxygen atoms in total. The van der Waals surface area contributed by atoms with E-state index in [0.29, 0.717) is 6.54 Å². The van der Waals surface area contributed by atoms with Gasteiger partial charge in [0.1, 0.15) is 5.82 Å². The van der Waals surface area contributed by atoms with Crippen LogP contribution in [0.2, 0.25) is 0 Å². The van der Waals surface area contributed by atoms with Crippen molar-refractivity contribution >= 4 is 11.5 Å². The maximum absolute atomic E-state index is 6.06. The van der Waals surface area contributed by atoms with Gasteiger partial charge in [0.05, 0.1) is 17.6 Å². The van der Waals surface area contributed by atoms with Gasteiger partial charge < -0.3 is 11.1 Å². The quantitative estimate of drug-likeness (QED) is 0.727. The van der Waals surface area contributed by atoms with E-state index in [2.05, 4.69) is 27.5 Å². The van der Waals surface area contributed by atoms with Gasteiger partial charge in [0.15, 0.2) is 0 Å². The number of hydrogen-bond acceptors (Lipinski definition) is 4. The van der Waals surface area contributed by atoms with Crippen molar-refractivity contribution in [1.82, 2.24) is 20.0 Å². The maximum atomic E-state index is 6.06. The molecule has 0 aliphatic rings. The van der Waals surface area contributed by atoms with Gasteiger partial charge in [-0.3, -0.25) is 9.78 Å². The highest BCUT2D eigenvalue weighted by Gasteiger charge is 2.12. The summed E-state index contributed by atoms with van der Waals surface area (Å²) in [7, 11) is 1.90. The number of aromatic nitrogens is 4. The summed E-state index contributed by atoms with van der Waals surface area (Å²) >= 11 is 0. The molecule has 0 atom stereocenters. The van der Waals surface area contributed by atoms with Crippen molar-refractivity contribution in [3.05, 3.63) is 23.7 Å². The fourth-order valence-electron chi connectivity index (χ4n) is 1.79. The molecule has 0 unspecified atom stereocenters. The van der Waals surface area contributed by atoms with Crippen LogP contribution in [-0.2, 0) is 20.0 Å². The number of nitrogens with one attached hydrogen (secondary N) is 2. The fourth-order valence-corrected chi connectivity index (χ4v) is 1.79. The van der Waals surface area contributed by atoms with Crippen molar-refractivity contribution in [2.75, 3.05) is 11.1 Å². The molecule has 0 aromatic carbocycles. The van der Waals surface area contributed by atoms with Gasteiger partial charge in [-0.05, 0) is 6.42 Å². The van der Waals surface area contributed by atoms with Crippen LogP contribution in [0.15, 0.2) is 12.4 Å². The van der Waals surface area contributed by atoms with Crippen LogP contribution >= 0.6 is 0 Å². The summed E-state index contributed by atoms with van der Waals surface area (Å²) < 4.78 is 1.79. The first kappa shape index (κ1) is 11.5. The Morgan fingerprint density at radius 3 is 3.00 bits per heavy atom. The second-order valence-electron chi connectivity index (χ2n) is 4.04. The van der Waals surface area contributed by atoms with Crippen LogP contribution in [0.5, 0.6) is 0 Å². The molecule has 2 aromatic heterocycles. The fraction of sp³-hybridized carbons (Fsp3) is 0.455. The molecule has 4 N–H and O–H groups in total. The summed E-state index contributed by atoms with van der Waals surface area (Å²) in [5.74, 6) is 0.870. The summed E-state index contributed by atoms with van der Waals surface area (Å²) in [6.45, 7) is 2.80. The van der Waals surface area contributed by atoms with Gasteiger partial charge in [0.25, 0.3) is 0 Å². The largest absolute Gasteiger partial charge is 0.394 e. The van der Waals surface area contributed by atoms with E-state index in [9.17, 15) is 0 Å². The molecule has 2 heterocycles. The maximum Gasteiger partial charge on any atom is 0.148 e. The lowest BCUT2D eigenvalue weighted by Crippen LogP contribution is -2.05. The molecule has 2 aromatic rings. The lowest BCUT2D eigenvalue weighted by Gasteiger charge is -2.05. The Hall–Kier alpha value is -1.98. The molecule has 0 fully saturated rings. The Morgan fingerprint density at radius 1 is 1.53 bits per heavy atom. The molecule has 2 rings (SSSR count). The van der Waals surface area contributed by atoms with Crippen molar-refractivity contribution in [3.8, 4) is 0 Å². The first-order valence-electron chi connectivity index (χ1n) is 5.75. The van der Waals surface area contributed by atoms with E-state index < -0.39 is 0 Å². The highest BCUT2D eigenvalue weighted by Crippen LogP contribution is 2.23. The molecule has 0 bridgehead atoms. The molecule has 0 amide bonds. The van der Waals surface area contributed by atoms with Crippen molar-refractivity contribution < 1.29 is 0 Å². The minimum Gasteiger partial charge on any atom is -0.394 e. The van der Waals surface area contributed by atoms with Gasteiger partial charge in [-0.15, -0.1) is 0 Å². The van der Waals surface area contributed by atoms with Gasteiger partial charge in [-0.1, -0.05) is 13.3 Å². The number of aromatic amines is 1. The molecule has 0 radical (unpaired) electrons. The van der Waals surface area contributed by atoms with Crippen molar-refractivity contribution in [3.63, 3.8) is 0 Å². The number of rotatable bonds is 5. The summed E-state index contributed by atoms with van der Waals surface area (Å²) in [6.07, 6.45) is 5.59. The second kappa shape index (κ2) is 4.90. The molecule has 0 spiro atoms. The molecule has 0 aliphatic heterocycles. The lowest BCUT2D eigenvalue weighted by atomic mass is 10.2. The van der Waals surface area contributed by atoms with Crippen LogP contribution in [0.4, 0.5) is 11.5 Å². The van der Waals surface area contributed by atoms with E-state index in [1.54, 1.807) is 10.9 Å². The topological polar surface area (TPSA) is 84.5 Å². The highest BCUT2D eigenvalue weighted by molar-refractivity contribution is 5.65. The predicted molar refractivity (Wildman–Crippen MR) is 67.5 cm³/mol. The standard InChI is InChI=1S/C11H18N6/c1-3-4-9-10(12)11(17(2)16-9)13-5-8-6-14-15-7-8/h6-7,13H,3-5,12H2,1-2H3,(H,14,15). The van der Waals surface area contributed by atoms with Gasteiger partial charge in [-0.2, -0.15) is 10.2 Å². The smallest absolute Gasteiger partial charge is 0.148 e. The summed E-state index contributed by atoms with van der Waals surface area (Å²) in [5, 5.41) is 14.4. The van der Waals surface area contributed by atoms with Crippen LogP contribution in [0, 0.1) is 0 Å². The third kappa shape index (κ3) is 2.41. The third-order valence-electron chi connectivity index (χ3n) is 2.66. The zero-order valence-electron chi connectivity index (χ0n) is 10.2. The van der Waals surface area contributed by atoms with Crippen LogP contribution in [0.3, 0.4) is 0 Å². The first-order chi connectivity index (χ1) is 8.22. The molecule has 17 heavy (non-hydrogen) atoms. The van der Waals surface area contributed by atoms with Crippen LogP contribution < -0.4 is 11.1 Å². The van der Waals surface area contributed by atoms with E-state index in [1.807, 2.05) is 13.2 Å². The molecular weight excluding hydrogens is 216 g/mol. The van der Waals surface area contributed by atoms with Crippen molar-refractivity contribution in [2.24, 2.45) is 7.05 Å². The first-order valence-corrected chi connectivity index (χ1v) is 5.75. The molecule has 0 aliphatic carbocycles. The van der Waals surface area contributed by atoms with E-state index in [0.717, 1.165) is 35.6 Å². The lowest BCUT2D eigenvalue weighted by molar-refractivity contribution is 0.735. The number of H-pyrrole nitrogens is 1. The molecule has 92 valence electrons. The number of nitrogens with two attached hydrogens (primary N) is 1. The molecule has 6 heteroatoms. The van der Waals surface area contributed by atoms with Gasteiger partial charge in [-0.25, -0.2) is 0 Å². The number of hydrogen-bond donors (Lipinski definition) is 3. The number of nitrogens with zero attached hydrogens (tertiary/aromatic N) is 3. The normalized spacial score (nSPS) is 10.7. The van der Waals surface area contributed by atoms with Crippen LogP contribution in [-0.4, -0.2) is 20.0 Å². The zero-order chi connectivity index (χ0) is 12.3. The van der Waals surface area contributed by atoms with Gasteiger partial charge in [0.2, 0.25) is 0 Å². The Bertz CT molecular complexity index is 470. The van der Waals surface area contributed by atoms with Gasteiger partial charge in [0, 0.05) is 25.4 Å². The Kier molecular flexibility index (Phi) is 3.32. The monoisotopic (exact) mass is 234 g/mol. The zero-order valence-corrected chi connectivity index (χ0v) is 10.2. The average Bonchev–Trinajstić information content (AvgIpc) is 2.88. The van der Waals surface area contributed by atoms with Crippen molar-refractivity contribution in [2.45, 2.75) is 26.3 Å². The summed E-state index contributed by atoms with van der Waals surface area (Å²) in [6, 6.07) is 0. The summed E-state index contributed by atoms with van der Waals surface area (Å²) in [4.78, 5) is 0. The minimum absolute atomic E-state index is 0.686. The van der Waals surface area contributed by atoms with E-state index in [4.69, 9.17) is 5.73 Å². The predicted octanol–water partition coefficient (Wildman–Crippen LogP) is 1.29. The average molecular weight is 234 g/mol. The minimum atomic E-state index is 0.686. The van der Waals surface area contributed by atoms with Crippen molar-refractivity contribution in [1.29, 1.82) is 0 Å². The Labute approximate surface area is 100 Å². The van der Waals surface area contributed by atoms with Gasteiger partial charge >= 0.3 is 0 Å². The third-order valence-corrected chi connectivity index (χ3v) is 2.66. The molecule has 0 saturated heterocycles. The number of aryl methyl sites for hydroxylation is 2. The second-order valence-corrected chi connectivity index (χ2v) is 4.04. The molecular formula is C11H18N6. The highest BCUT2D eigenvalue weighted by atomic mass is 15.3. The SMILES string of the molecule is CCCc1nn(C)c(NCc2cn[nH]c2)c1N. The summed E-state index contributed by atoms with van der Waals surface area (Å²) in [5.41, 5.74) is 8.86. The number of anilines is 2. The number of nitrogen functional groups attached to an aromatic ring is 1.